The Morgan fingerprint density at radius 2 is 1.76 bits per heavy atom. The van der Waals surface area contributed by atoms with Gasteiger partial charge in [0.1, 0.15) is 11.5 Å². The van der Waals surface area contributed by atoms with Crippen molar-refractivity contribution in [2.24, 2.45) is 0 Å². The molecule has 37 heavy (non-hydrogen) atoms. The van der Waals surface area contributed by atoms with Gasteiger partial charge in [-0.2, -0.15) is 5.10 Å². The minimum absolute atomic E-state index is 0.140. The summed E-state index contributed by atoms with van der Waals surface area (Å²) in [5.41, 5.74) is 4.03. The van der Waals surface area contributed by atoms with Crippen LogP contribution in [0.15, 0.2) is 79.4 Å². The summed E-state index contributed by atoms with van der Waals surface area (Å²) in [5.74, 6) is -1.60. The van der Waals surface area contributed by atoms with E-state index in [1.165, 1.54) is 12.1 Å². The molecule has 0 aliphatic heterocycles. The lowest BCUT2D eigenvalue weighted by molar-refractivity contribution is 0.0796. The molecule has 186 valence electrons. The molecule has 0 radical (unpaired) electrons. The average Bonchev–Trinajstić information content (AvgIpc) is 3.58. The van der Waals surface area contributed by atoms with Gasteiger partial charge in [-0.05, 0) is 50.1 Å². The lowest BCUT2D eigenvalue weighted by Gasteiger charge is -2.25. The molecule has 5 aromatic rings. The third kappa shape index (κ3) is 4.65. The van der Waals surface area contributed by atoms with Crippen LogP contribution in [0.1, 0.15) is 47.1 Å². The summed E-state index contributed by atoms with van der Waals surface area (Å²) in [5, 5.41) is 9.47. The first-order valence-corrected chi connectivity index (χ1v) is 12.0. The van der Waals surface area contributed by atoms with Crippen molar-refractivity contribution in [3.05, 3.63) is 102 Å². The number of imidazole rings is 1. The molecule has 0 unspecified atom stereocenters. The normalized spacial score (nSPS) is 11.6. The summed E-state index contributed by atoms with van der Waals surface area (Å²) in [6.45, 7) is 5.27. The number of carbonyl (C=O) groups excluding carboxylic acids is 2. The highest BCUT2D eigenvalue weighted by Gasteiger charge is 2.31. The molecule has 0 bridgehead atoms. The number of rotatable bonds is 7. The van der Waals surface area contributed by atoms with E-state index in [2.05, 4.69) is 20.5 Å². The number of ketones is 1. The molecule has 0 saturated heterocycles. The topological polar surface area (TPSA) is 92.2 Å². The maximum Gasteiger partial charge on any atom is 0.255 e. The Bertz CT molecular complexity index is 1600. The number of amides is 1. The number of nitrogens with zero attached hydrogens (tertiary/aromatic N) is 3. The maximum absolute atomic E-state index is 15.2. The predicted molar refractivity (Wildman–Crippen MR) is 140 cm³/mol. The number of nitrogens with one attached hydrogen (secondary N) is 2. The number of aromatic amines is 1. The van der Waals surface area contributed by atoms with Crippen LogP contribution in [-0.2, 0) is 6.42 Å². The quantitative estimate of drug-likeness (QED) is 0.292. The van der Waals surface area contributed by atoms with Crippen LogP contribution in [0, 0.1) is 5.82 Å². The number of pyridine rings is 1. The van der Waals surface area contributed by atoms with E-state index in [9.17, 15) is 9.59 Å². The predicted octanol–water partition coefficient (Wildman–Crippen LogP) is 5.48. The molecular formula is C29H26FN5O2. The van der Waals surface area contributed by atoms with Crippen molar-refractivity contribution in [2.75, 3.05) is 0 Å². The maximum atomic E-state index is 15.2. The highest BCUT2D eigenvalue weighted by Crippen LogP contribution is 2.26. The van der Waals surface area contributed by atoms with E-state index in [0.717, 1.165) is 23.1 Å². The van der Waals surface area contributed by atoms with Crippen LogP contribution in [0.5, 0.6) is 0 Å². The van der Waals surface area contributed by atoms with E-state index >= 15 is 4.39 Å². The van der Waals surface area contributed by atoms with Crippen molar-refractivity contribution in [1.29, 1.82) is 0 Å². The Hall–Kier alpha value is -4.59. The van der Waals surface area contributed by atoms with Crippen molar-refractivity contribution >= 4 is 17.3 Å². The smallest absolute Gasteiger partial charge is 0.255 e. The monoisotopic (exact) mass is 495 g/mol. The first-order valence-electron chi connectivity index (χ1n) is 12.0. The van der Waals surface area contributed by atoms with E-state index in [0.29, 0.717) is 22.5 Å². The third-order valence-corrected chi connectivity index (χ3v) is 6.46. The van der Waals surface area contributed by atoms with Crippen LogP contribution >= 0.6 is 0 Å². The Labute approximate surface area is 213 Å². The second-order valence-electron chi connectivity index (χ2n) is 9.43. The minimum atomic E-state index is -1.22. The van der Waals surface area contributed by atoms with Crippen LogP contribution in [-0.4, -0.2) is 36.8 Å². The van der Waals surface area contributed by atoms with E-state index in [1.807, 2.05) is 41.8 Å². The molecule has 0 atom stereocenters. The average molecular weight is 496 g/mol. The van der Waals surface area contributed by atoms with E-state index in [4.69, 9.17) is 0 Å². The molecule has 2 N–H and O–H groups in total. The van der Waals surface area contributed by atoms with E-state index in [1.54, 1.807) is 50.6 Å². The van der Waals surface area contributed by atoms with E-state index < -0.39 is 17.3 Å². The number of Topliss-reactive ketones (excluding diaryl/α,β-unsaturated/α-hetero) is 1. The van der Waals surface area contributed by atoms with Gasteiger partial charge in [-0.25, -0.2) is 9.37 Å². The SMILES string of the molecule is CCc1ccc(C(=O)C(C)(C)NC(=O)c2ccc(-c3cnc4ccc(-c5cn[nH]c5)cn34)cc2F)cc1. The van der Waals surface area contributed by atoms with Gasteiger partial charge < -0.3 is 5.32 Å². The molecule has 3 aromatic heterocycles. The molecule has 0 saturated carbocycles. The Morgan fingerprint density at radius 1 is 1.00 bits per heavy atom. The first-order chi connectivity index (χ1) is 17.8. The number of aryl methyl sites for hydroxylation is 1. The van der Waals surface area contributed by atoms with Crippen molar-refractivity contribution in [3.63, 3.8) is 0 Å². The van der Waals surface area contributed by atoms with Gasteiger partial charge >= 0.3 is 0 Å². The van der Waals surface area contributed by atoms with Gasteiger partial charge in [0.2, 0.25) is 0 Å². The summed E-state index contributed by atoms with van der Waals surface area (Å²) in [4.78, 5) is 30.4. The lowest BCUT2D eigenvalue weighted by atomic mass is 9.92. The third-order valence-electron chi connectivity index (χ3n) is 6.46. The highest BCUT2D eigenvalue weighted by atomic mass is 19.1. The van der Waals surface area contributed by atoms with Gasteiger partial charge in [-0.1, -0.05) is 37.3 Å². The number of carbonyl (C=O) groups is 2. The van der Waals surface area contributed by atoms with E-state index in [-0.39, 0.29) is 11.3 Å². The van der Waals surface area contributed by atoms with Gasteiger partial charge in [0, 0.05) is 34.6 Å². The molecule has 1 amide bonds. The molecule has 0 fully saturated rings. The molecule has 8 heteroatoms. The molecule has 0 spiro atoms. The molecular weight excluding hydrogens is 469 g/mol. The number of hydrogen-bond acceptors (Lipinski definition) is 4. The number of halogens is 1. The highest BCUT2D eigenvalue weighted by molar-refractivity contribution is 6.06. The van der Waals surface area contributed by atoms with Gasteiger partial charge in [0.25, 0.3) is 5.91 Å². The Kier molecular flexibility index (Phi) is 6.17. The number of hydrogen-bond donors (Lipinski definition) is 2. The van der Waals surface area contributed by atoms with Crippen molar-refractivity contribution in [2.45, 2.75) is 32.7 Å². The lowest BCUT2D eigenvalue weighted by Crippen LogP contribution is -2.50. The van der Waals surface area contributed by atoms with Crippen molar-refractivity contribution in [3.8, 4) is 22.4 Å². The summed E-state index contributed by atoms with van der Waals surface area (Å²) >= 11 is 0. The zero-order valence-electron chi connectivity index (χ0n) is 20.7. The zero-order chi connectivity index (χ0) is 26.2. The van der Waals surface area contributed by atoms with Crippen LogP contribution in [0.2, 0.25) is 0 Å². The van der Waals surface area contributed by atoms with Crippen molar-refractivity contribution < 1.29 is 14.0 Å². The fourth-order valence-corrected chi connectivity index (χ4v) is 4.29. The number of benzene rings is 2. The summed E-state index contributed by atoms with van der Waals surface area (Å²) in [6, 6.07) is 15.5. The Morgan fingerprint density at radius 3 is 2.43 bits per heavy atom. The molecule has 5 rings (SSSR count). The number of fused-ring (bicyclic) bond motifs is 1. The molecule has 0 aliphatic rings. The van der Waals surface area contributed by atoms with Crippen LogP contribution < -0.4 is 5.32 Å². The molecule has 7 nitrogen and oxygen atoms in total. The summed E-state index contributed by atoms with van der Waals surface area (Å²) in [7, 11) is 0. The second kappa shape index (κ2) is 9.46. The molecule has 3 heterocycles. The van der Waals surface area contributed by atoms with Gasteiger partial charge in [0.05, 0.1) is 29.2 Å². The molecule has 2 aromatic carbocycles. The first kappa shape index (κ1) is 24.1. The standard InChI is InChI=1S/C29H26FN5O2/c1-4-18-5-7-19(8-6-18)27(36)29(2,3)34-28(37)23-11-9-20(13-24(23)30)25-16-31-26-12-10-21(17-35(25)26)22-14-32-33-15-22/h5-17H,4H2,1-3H3,(H,32,33)(H,34,37). The molecule has 0 aliphatic carbocycles. The van der Waals surface area contributed by atoms with Crippen LogP contribution in [0.4, 0.5) is 4.39 Å². The minimum Gasteiger partial charge on any atom is -0.340 e. The summed E-state index contributed by atoms with van der Waals surface area (Å²) in [6.07, 6.45) is 7.94. The fraction of sp³-hybridized carbons (Fsp3) is 0.172. The largest absolute Gasteiger partial charge is 0.340 e. The van der Waals surface area contributed by atoms with Gasteiger partial charge in [-0.3, -0.25) is 19.1 Å². The van der Waals surface area contributed by atoms with Crippen LogP contribution in [0.3, 0.4) is 0 Å². The summed E-state index contributed by atoms with van der Waals surface area (Å²) < 4.78 is 17.1. The number of aromatic nitrogens is 4. The Balaban J connectivity index is 1.39. The second-order valence-corrected chi connectivity index (χ2v) is 9.43. The van der Waals surface area contributed by atoms with Gasteiger partial charge in [-0.15, -0.1) is 0 Å². The van der Waals surface area contributed by atoms with Crippen LogP contribution in [0.25, 0.3) is 28.0 Å². The van der Waals surface area contributed by atoms with Gasteiger partial charge in [0.15, 0.2) is 5.78 Å². The number of H-pyrrole nitrogens is 1. The van der Waals surface area contributed by atoms with Crippen molar-refractivity contribution in [1.82, 2.24) is 24.9 Å². The zero-order valence-corrected chi connectivity index (χ0v) is 20.7. The fourth-order valence-electron chi connectivity index (χ4n) is 4.29.